The second-order valence-corrected chi connectivity index (χ2v) is 7.32. The summed E-state index contributed by atoms with van der Waals surface area (Å²) >= 11 is 0. The number of aromatic nitrogens is 1. The third kappa shape index (κ3) is 6.48. The lowest BCUT2D eigenvalue weighted by atomic mass is 10.2. The molecule has 1 heterocycles. The number of benzene rings is 1. The smallest absolute Gasteiger partial charge is 0.126 e. The van der Waals surface area contributed by atoms with Crippen LogP contribution < -0.4 is 9.64 Å². The maximum atomic E-state index is 10.2. The predicted octanol–water partition coefficient (Wildman–Crippen LogP) is 1.59. The van der Waals surface area contributed by atoms with Crippen molar-refractivity contribution in [1.29, 1.82) is 0 Å². The molecule has 1 aromatic carbocycles. The molecule has 2 atom stereocenters. The van der Waals surface area contributed by atoms with Crippen molar-refractivity contribution >= 4 is 0 Å². The molecule has 0 spiro atoms. The average molecular weight is 362 g/mol. The fraction of sp³-hybridized carbons (Fsp3) is 0.524. The lowest BCUT2D eigenvalue weighted by Crippen LogP contribution is -3.12. The number of aliphatic hydroxyl groups excluding tert-OH is 1. The molecule has 2 aromatic rings. The van der Waals surface area contributed by atoms with E-state index in [0.717, 1.165) is 25.4 Å². The molecule has 5 nitrogen and oxygen atoms in total. The van der Waals surface area contributed by atoms with Crippen LogP contribution >= 0.6 is 0 Å². The van der Waals surface area contributed by atoms with E-state index in [1.54, 1.807) is 14.2 Å². The van der Waals surface area contributed by atoms with E-state index in [1.165, 1.54) is 16.2 Å². The molecular formula is C21H33N2O3+. The molecule has 5 heteroatoms. The molecule has 0 saturated carbocycles. The Kier molecular flexibility index (Phi) is 8.16. The molecule has 0 bridgehead atoms. The highest BCUT2D eigenvalue weighted by molar-refractivity contribution is 5.29. The molecule has 0 saturated heterocycles. The molecule has 144 valence electrons. The van der Waals surface area contributed by atoms with E-state index in [2.05, 4.69) is 48.9 Å². The molecule has 26 heavy (non-hydrogen) atoms. The van der Waals surface area contributed by atoms with Crippen molar-refractivity contribution in [3.8, 4) is 5.75 Å². The fourth-order valence-electron chi connectivity index (χ4n) is 3.38. The highest BCUT2D eigenvalue weighted by Gasteiger charge is 2.18. The van der Waals surface area contributed by atoms with Gasteiger partial charge in [-0.1, -0.05) is 26.0 Å². The van der Waals surface area contributed by atoms with Crippen LogP contribution in [0.4, 0.5) is 0 Å². The van der Waals surface area contributed by atoms with Crippen molar-refractivity contribution in [2.24, 2.45) is 5.92 Å². The molecule has 2 rings (SSSR count). The Morgan fingerprint density at radius 1 is 1.12 bits per heavy atom. The van der Waals surface area contributed by atoms with Crippen molar-refractivity contribution in [2.45, 2.75) is 33.0 Å². The first kappa shape index (κ1) is 20.5. The summed E-state index contributed by atoms with van der Waals surface area (Å²) in [5.41, 5.74) is 2.49. The van der Waals surface area contributed by atoms with Gasteiger partial charge in [-0.3, -0.25) is 0 Å². The van der Waals surface area contributed by atoms with Gasteiger partial charge in [0.25, 0.3) is 0 Å². The Morgan fingerprint density at radius 2 is 1.92 bits per heavy atom. The van der Waals surface area contributed by atoms with Gasteiger partial charge in [-0.2, -0.15) is 0 Å². The van der Waals surface area contributed by atoms with Gasteiger partial charge >= 0.3 is 0 Å². The van der Waals surface area contributed by atoms with Crippen LogP contribution in [0.5, 0.6) is 5.75 Å². The van der Waals surface area contributed by atoms with Crippen LogP contribution in [-0.4, -0.2) is 49.7 Å². The van der Waals surface area contributed by atoms with Crippen molar-refractivity contribution in [2.75, 3.05) is 33.9 Å². The molecule has 2 N–H and O–H groups in total. The monoisotopic (exact) mass is 361 g/mol. The zero-order valence-electron chi connectivity index (χ0n) is 16.4. The number of hydrogen-bond acceptors (Lipinski definition) is 3. The van der Waals surface area contributed by atoms with Gasteiger partial charge in [0.1, 0.15) is 24.9 Å². The van der Waals surface area contributed by atoms with Gasteiger partial charge in [-0.05, 0) is 29.8 Å². The van der Waals surface area contributed by atoms with E-state index in [-0.39, 0.29) is 0 Å². The van der Waals surface area contributed by atoms with E-state index >= 15 is 0 Å². The Balaban J connectivity index is 2.08. The maximum absolute atomic E-state index is 10.2. The van der Waals surface area contributed by atoms with Gasteiger partial charge in [-0.25, -0.2) is 0 Å². The lowest BCUT2D eigenvalue weighted by Gasteiger charge is -2.24. The molecule has 0 aliphatic rings. The number of nitrogens with zero attached hydrogens (tertiary/aromatic N) is 1. The lowest BCUT2D eigenvalue weighted by molar-refractivity contribution is -0.920. The Morgan fingerprint density at radius 3 is 2.62 bits per heavy atom. The van der Waals surface area contributed by atoms with Gasteiger partial charge in [0, 0.05) is 25.8 Å². The molecule has 0 fully saturated rings. The molecule has 0 radical (unpaired) electrons. The first-order valence-electron chi connectivity index (χ1n) is 9.29. The molecule has 1 unspecified atom stereocenters. The number of ether oxygens (including phenoxy) is 2. The molecule has 0 aliphatic carbocycles. The summed E-state index contributed by atoms with van der Waals surface area (Å²) in [4.78, 5) is 1.37. The second-order valence-electron chi connectivity index (χ2n) is 7.32. The first-order valence-corrected chi connectivity index (χ1v) is 9.29. The van der Waals surface area contributed by atoms with E-state index < -0.39 is 6.10 Å². The number of hydrogen-bond donors (Lipinski definition) is 2. The van der Waals surface area contributed by atoms with Crippen LogP contribution in [0.1, 0.15) is 25.1 Å². The second kappa shape index (κ2) is 10.4. The zero-order chi connectivity index (χ0) is 18.9. The van der Waals surface area contributed by atoms with Crippen LogP contribution in [-0.2, 0) is 17.8 Å². The van der Waals surface area contributed by atoms with E-state index in [1.807, 2.05) is 12.1 Å². The normalized spacial score (nSPS) is 13.8. The fourth-order valence-corrected chi connectivity index (χ4v) is 3.38. The predicted molar refractivity (Wildman–Crippen MR) is 104 cm³/mol. The van der Waals surface area contributed by atoms with Gasteiger partial charge < -0.3 is 24.0 Å². The number of aliphatic hydroxyl groups is 1. The number of quaternary nitrogens is 1. The van der Waals surface area contributed by atoms with Crippen molar-refractivity contribution in [1.82, 2.24) is 4.57 Å². The van der Waals surface area contributed by atoms with Crippen LogP contribution in [0.15, 0.2) is 42.6 Å². The summed E-state index contributed by atoms with van der Waals surface area (Å²) in [5, 5.41) is 10.2. The van der Waals surface area contributed by atoms with Crippen molar-refractivity contribution in [3.05, 3.63) is 53.9 Å². The number of methoxy groups -OCH3 is 2. The third-order valence-corrected chi connectivity index (χ3v) is 4.42. The summed E-state index contributed by atoms with van der Waals surface area (Å²) in [7, 11) is 3.32. The van der Waals surface area contributed by atoms with Crippen LogP contribution in [0.25, 0.3) is 0 Å². The topological polar surface area (TPSA) is 48.1 Å². The zero-order valence-corrected chi connectivity index (χ0v) is 16.4. The average Bonchev–Trinajstić information content (AvgIpc) is 3.01. The van der Waals surface area contributed by atoms with Gasteiger partial charge in [0.05, 0.1) is 26.0 Å². The van der Waals surface area contributed by atoms with Gasteiger partial charge in [0.2, 0.25) is 0 Å². The Labute approximate surface area is 157 Å². The standard InChI is InChI=1S/C21H32N2O3/c1-17(2)12-22(15-20(24)16-25-3)14-19-8-6-10-23(19)13-18-7-5-9-21(11-18)26-4/h5-11,17,20,24H,12-16H2,1-4H3/p+1/t20-/m0/s1. The maximum Gasteiger partial charge on any atom is 0.126 e. The largest absolute Gasteiger partial charge is 0.497 e. The van der Waals surface area contributed by atoms with E-state index in [0.29, 0.717) is 19.1 Å². The van der Waals surface area contributed by atoms with E-state index in [9.17, 15) is 5.11 Å². The quantitative estimate of drug-likeness (QED) is 0.639. The van der Waals surface area contributed by atoms with Crippen molar-refractivity contribution in [3.63, 3.8) is 0 Å². The molecule has 0 amide bonds. The molecule has 1 aromatic heterocycles. The van der Waals surface area contributed by atoms with Gasteiger partial charge in [0.15, 0.2) is 0 Å². The highest BCUT2D eigenvalue weighted by atomic mass is 16.5. The van der Waals surface area contributed by atoms with E-state index in [4.69, 9.17) is 9.47 Å². The number of nitrogens with one attached hydrogen (secondary N) is 1. The Hall–Kier alpha value is -1.82. The minimum Gasteiger partial charge on any atom is -0.497 e. The minimum absolute atomic E-state index is 0.381. The van der Waals surface area contributed by atoms with Crippen LogP contribution in [0.3, 0.4) is 0 Å². The third-order valence-electron chi connectivity index (χ3n) is 4.42. The highest BCUT2D eigenvalue weighted by Crippen LogP contribution is 2.14. The van der Waals surface area contributed by atoms with Crippen LogP contribution in [0.2, 0.25) is 0 Å². The van der Waals surface area contributed by atoms with Crippen molar-refractivity contribution < 1.29 is 19.5 Å². The molecular weight excluding hydrogens is 328 g/mol. The molecule has 0 aliphatic heterocycles. The summed E-state index contributed by atoms with van der Waals surface area (Å²) in [5.74, 6) is 1.45. The minimum atomic E-state index is -0.435. The summed E-state index contributed by atoms with van der Waals surface area (Å²) in [6.07, 6.45) is 1.68. The first-order chi connectivity index (χ1) is 12.5. The number of rotatable bonds is 11. The SMILES string of the molecule is COC[C@@H](O)C[NH+](Cc1cccn1Cc1cccc(OC)c1)CC(C)C. The van der Waals surface area contributed by atoms with Crippen LogP contribution in [0, 0.1) is 5.92 Å². The summed E-state index contributed by atoms with van der Waals surface area (Å²) in [6.45, 7) is 8.23. The summed E-state index contributed by atoms with van der Waals surface area (Å²) in [6, 6.07) is 12.4. The summed E-state index contributed by atoms with van der Waals surface area (Å²) < 4.78 is 12.7. The Bertz CT molecular complexity index is 654. The van der Waals surface area contributed by atoms with Gasteiger partial charge in [-0.15, -0.1) is 0 Å².